The van der Waals surface area contributed by atoms with Crippen LogP contribution in [0.5, 0.6) is 5.75 Å². The third-order valence-corrected chi connectivity index (χ3v) is 4.52. The Kier molecular flexibility index (Phi) is 5.01. The van der Waals surface area contributed by atoms with Gasteiger partial charge < -0.3 is 14.1 Å². The standard InChI is InChI=1S/C19H23NO3/c1-20(16-8-4-2-5-9-16)19(21)18-15(12-13-22-18)14-23-17-10-6-3-7-11-17/h3,6-7,10-13,16H,2,4-5,8-9,14H2,1H3. The van der Waals surface area contributed by atoms with E-state index in [1.54, 1.807) is 6.26 Å². The van der Waals surface area contributed by atoms with Gasteiger partial charge in [0, 0.05) is 18.7 Å². The van der Waals surface area contributed by atoms with Crippen molar-refractivity contribution in [2.24, 2.45) is 0 Å². The van der Waals surface area contributed by atoms with Gasteiger partial charge in [-0.2, -0.15) is 0 Å². The number of ether oxygens (including phenoxy) is 1. The van der Waals surface area contributed by atoms with E-state index in [9.17, 15) is 4.79 Å². The van der Waals surface area contributed by atoms with Crippen LogP contribution in [0.3, 0.4) is 0 Å². The summed E-state index contributed by atoms with van der Waals surface area (Å²) < 4.78 is 11.2. The summed E-state index contributed by atoms with van der Waals surface area (Å²) in [6.45, 7) is 0.333. The minimum absolute atomic E-state index is 0.0476. The largest absolute Gasteiger partial charge is 0.489 e. The van der Waals surface area contributed by atoms with Gasteiger partial charge in [-0.05, 0) is 31.0 Å². The van der Waals surface area contributed by atoms with Crippen LogP contribution in [0.2, 0.25) is 0 Å². The van der Waals surface area contributed by atoms with Gasteiger partial charge in [-0.3, -0.25) is 4.79 Å². The van der Waals surface area contributed by atoms with Gasteiger partial charge in [0.05, 0.1) is 6.26 Å². The maximum Gasteiger partial charge on any atom is 0.289 e. The van der Waals surface area contributed by atoms with Crippen LogP contribution in [0.15, 0.2) is 47.1 Å². The van der Waals surface area contributed by atoms with E-state index in [-0.39, 0.29) is 5.91 Å². The van der Waals surface area contributed by atoms with Crippen LogP contribution in [0.1, 0.15) is 48.2 Å². The molecular weight excluding hydrogens is 290 g/mol. The molecule has 1 aliphatic carbocycles. The number of hydrogen-bond donors (Lipinski definition) is 0. The Labute approximate surface area is 137 Å². The molecule has 23 heavy (non-hydrogen) atoms. The Morgan fingerprint density at radius 2 is 1.91 bits per heavy atom. The first kappa shape index (κ1) is 15.7. The second-order valence-corrected chi connectivity index (χ2v) is 6.08. The lowest BCUT2D eigenvalue weighted by Gasteiger charge is -2.30. The van der Waals surface area contributed by atoms with Crippen LogP contribution >= 0.6 is 0 Å². The van der Waals surface area contributed by atoms with Gasteiger partial charge in [0.2, 0.25) is 0 Å². The zero-order chi connectivity index (χ0) is 16.1. The van der Waals surface area contributed by atoms with Crippen molar-refractivity contribution < 1.29 is 13.9 Å². The van der Waals surface area contributed by atoms with Gasteiger partial charge in [0.15, 0.2) is 5.76 Å². The van der Waals surface area contributed by atoms with Crippen LogP contribution in [-0.2, 0) is 6.61 Å². The molecule has 1 aromatic carbocycles. The molecule has 122 valence electrons. The molecule has 3 rings (SSSR count). The minimum Gasteiger partial charge on any atom is -0.489 e. The highest BCUT2D eigenvalue weighted by molar-refractivity contribution is 5.93. The average Bonchev–Trinajstić information content (AvgIpc) is 3.09. The van der Waals surface area contributed by atoms with Gasteiger partial charge >= 0.3 is 0 Å². The first-order chi connectivity index (χ1) is 11.3. The van der Waals surface area contributed by atoms with E-state index in [0.29, 0.717) is 18.4 Å². The molecule has 1 aromatic heterocycles. The molecule has 0 unspecified atom stereocenters. The maximum absolute atomic E-state index is 12.7. The molecule has 0 bridgehead atoms. The number of carbonyl (C=O) groups excluding carboxylic acids is 1. The van der Waals surface area contributed by atoms with E-state index < -0.39 is 0 Å². The van der Waals surface area contributed by atoms with Crippen molar-refractivity contribution in [3.05, 3.63) is 54.0 Å². The van der Waals surface area contributed by atoms with Gasteiger partial charge in [-0.15, -0.1) is 0 Å². The van der Waals surface area contributed by atoms with E-state index in [1.165, 1.54) is 19.3 Å². The molecule has 2 aromatic rings. The third-order valence-electron chi connectivity index (χ3n) is 4.52. The fourth-order valence-corrected chi connectivity index (χ4v) is 3.11. The van der Waals surface area contributed by atoms with E-state index in [2.05, 4.69) is 0 Å². The molecular formula is C19H23NO3. The quantitative estimate of drug-likeness (QED) is 0.828. The monoisotopic (exact) mass is 313 g/mol. The molecule has 1 saturated carbocycles. The molecule has 0 radical (unpaired) electrons. The summed E-state index contributed by atoms with van der Waals surface area (Å²) in [5.74, 6) is 1.13. The Morgan fingerprint density at radius 1 is 1.17 bits per heavy atom. The molecule has 0 aliphatic heterocycles. The van der Waals surface area contributed by atoms with Gasteiger partial charge in [-0.25, -0.2) is 0 Å². The van der Waals surface area contributed by atoms with E-state index in [4.69, 9.17) is 9.15 Å². The summed E-state index contributed by atoms with van der Waals surface area (Å²) in [6.07, 6.45) is 7.40. The highest BCUT2D eigenvalue weighted by Gasteiger charge is 2.26. The highest BCUT2D eigenvalue weighted by atomic mass is 16.5. The first-order valence-corrected chi connectivity index (χ1v) is 8.27. The van der Waals surface area contributed by atoms with E-state index >= 15 is 0 Å². The predicted octanol–water partition coefficient (Wildman–Crippen LogP) is 4.26. The van der Waals surface area contributed by atoms with Crippen LogP contribution < -0.4 is 4.74 Å². The number of para-hydroxylation sites is 1. The van der Waals surface area contributed by atoms with Crippen molar-refractivity contribution in [2.75, 3.05) is 7.05 Å². The van der Waals surface area contributed by atoms with E-state index in [1.807, 2.05) is 48.3 Å². The van der Waals surface area contributed by atoms with Crippen molar-refractivity contribution in [2.45, 2.75) is 44.8 Å². The normalized spacial score (nSPS) is 15.3. The Morgan fingerprint density at radius 3 is 2.65 bits per heavy atom. The Bertz CT molecular complexity index is 629. The predicted molar refractivity (Wildman–Crippen MR) is 88.4 cm³/mol. The van der Waals surface area contributed by atoms with Gasteiger partial charge in [0.25, 0.3) is 5.91 Å². The Balaban J connectivity index is 1.66. The molecule has 0 N–H and O–H groups in total. The molecule has 1 fully saturated rings. The fourth-order valence-electron chi connectivity index (χ4n) is 3.11. The lowest BCUT2D eigenvalue weighted by Crippen LogP contribution is -2.38. The van der Waals surface area contributed by atoms with Crippen LogP contribution in [0.25, 0.3) is 0 Å². The van der Waals surface area contributed by atoms with Crippen LogP contribution in [0, 0.1) is 0 Å². The molecule has 0 saturated heterocycles. The van der Waals surface area contributed by atoms with Crippen LogP contribution in [-0.4, -0.2) is 23.9 Å². The summed E-state index contributed by atoms with van der Waals surface area (Å²) in [5.41, 5.74) is 0.793. The molecule has 1 aliphatic rings. The van der Waals surface area contributed by atoms with E-state index in [0.717, 1.165) is 24.2 Å². The van der Waals surface area contributed by atoms with Gasteiger partial charge in [-0.1, -0.05) is 37.5 Å². The fraction of sp³-hybridized carbons (Fsp3) is 0.421. The summed E-state index contributed by atoms with van der Waals surface area (Å²) in [4.78, 5) is 14.6. The smallest absolute Gasteiger partial charge is 0.289 e. The van der Waals surface area contributed by atoms with Crippen molar-refractivity contribution in [3.8, 4) is 5.75 Å². The number of hydrogen-bond acceptors (Lipinski definition) is 3. The number of rotatable bonds is 5. The summed E-state index contributed by atoms with van der Waals surface area (Å²) in [5, 5.41) is 0. The van der Waals surface area contributed by atoms with Crippen molar-refractivity contribution in [1.82, 2.24) is 4.90 Å². The third kappa shape index (κ3) is 3.76. The SMILES string of the molecule is CN(C(=O)c1occc1COc1ccccc1)C1CCCCC1. The number of nitrogens with zero attached hydrogens (tertiary/aromatic N) is 1. The topological polar surface area (TPSA) is 42.7 Å². The maximum atomic E-state index is 12.7. The number of carbonyl (C=O) groups is 1. The minimum atomic E-state index is -0.0476. The number of amides is 1. The summed E-state index contributed by atoms with van der Waals surface area (Å²) in [6, 6.07) is 11.7. The molecule has 0 atom stereocenters. The molecule has 4 nitrogen and oxygen atoms in total. The highest BCUT2D eigenvalue weighted by Crippen LogP contribution is 2.24. The Hall–Kier alpha value is -2.23. The lowest BCUT2D eigenvalue weighted by atomic mass is 9.94. The molecule has 1 amide bonds. The molecule has 4 heteroatoms. The zero-order valence-electron chi connectivity index (χ0n) is 13.5. The first-order valence-electron chi connectivity index (χ1n) is 8.27. The second-order valence-electron chi connectivity index (χ2n) is 6.08. The molecule has 1 heterocycles. The van der Waals surface area contributed by atoms with Crippen molar-refractivity contribution >= 4 is 5.91 Å². The summed E-state index contributed by atoms with van der Waals surface area (Å²) >= 11 is 0. The second kappa shape index (κ2) is 7.36. The number of benzene rings is 1. The lowest BCUT2D eigenvalue weighted by molar-refractivity contribution is 0.0660. The number of furan rings is 1. The van der Waals surface area contributed by atoms with Gasteiger partial charge in [0.1, 0.15) is 12.4 Å². The van der Waals surface area contributed by atoms with Crippen LogP contribution in [0.4, 0.5) is 0 Å². The summed E-state index contributed by atoms with van der Waals surface area (Å²) in [7, 11) is 1.88. The molecule has 0 spiro atoms. The average molecular weight is 313 g/mol. The van der Waals surface area contributed by atoms with Crippen molar-refractivity contribution in [1.29, 1.82) is 0 Å². The zero-order valence-corrected chi connectivity index (χ0v) is 13.5. The van der Waals surface area contributed by atoms with Crippen molar-refractivity contribution in [3.63, 3.8) is 0 Å².